The summed E-state index contributed by atoms with van der Waals surface area (Å²) >= 11 is 0. The molecule has 1 aromatic rings. The van der Waals surface area contributed by atoms with Crippen LogP contribution in [-0.2, 0) is 14.3 Å². The van der Waals surface area contributed by atoms with Gasteiger partial charge in [-0.1, -0.05) is 25.0 Å². The van der Waals surface area contributed by atoms with Crippen molar-refractivity contribution >= 4 is 29.4 Å². The topological polar surface area (TPSA) is 136 Å². The first kappa shape index (κ1) is 19.5. The number of amides is 3. The van der Waals surface area contributed by atoms with Crippen molar-refractivity contribution in [2.45, 2.75) is 38.1 Å². The minimum absolute atomic E-state index is 0.0324. The van der Waals surface area contributed by atoms with E-state index in [1.807, 2.05) is 0 Å². The molecule has 1 N–H and O–H groups in total. The first-order valence-corrected chi connectivity index (χ1v) is 8.81. The van der Waals surface area contributed by atoms with E-state index in [9.17, 15) is 29.3 Å². The SMILES string of the molecule is Cc1ccc(C(=O)COC(=O)CN2C(=O)NC3(CCCC3)C2=O)cc1[N+](=O)[O-]. The number of nitro groups is 1. The van der Waals surface area contributed by atoms with E-state index in [2.05, 4.69) is 5.32 Å². The fourth-order valence-corrected chi connectivity index (χ4v) is 3.52. The second kappa shape index (κ2) is 7.37. The van der Waals surface area contributed by atoms with Gasteiger partial charge in [-0.3, -0.25) is 29.4 Å². The molecule has 0 atom stereocenters. The van der Waals surface area contributed by atoms with Crippen LogP contribution in [0.3, 0.4) is 0 Å². The van der Waals surface area contributed by atoms with Gasteiger partial charge in [0.15, 0.2) is 6.61 Å². The van der Waals surface area contributed by atoms with Crippen molar-refractivity contribution in [1.29, 1.82) is 0 Å². The first-order chi connectivity index (χ1) is 13.2. The summed E-state index contributed by atoms with van der Waals surface area (Å²) < 4.78 is 4.87. The number of hydrogen-bond donors (Lipinski definition) is 1. The molecule has 2 aliphatic rings. The third-order valence-electron chi connectivity index (χ3n) is 5.08. The Morgan fingerprint density at radius 2 is 1.96 bits per heavy atom. The molecule has 3 amide bonds. The van der Waals surface area contributed by atoms with Gasteiger partial charge in [0, 0.05) is 17.2 Å². The maximum Gasteiger partial charge on any atom is 0.326 e. The van der Waals surface area contributed by atoms with Crippen LogP contribution >= 0.6 is 0 Å². The highest BCUT2D eigenvalue weighted by Gasteiger charge is 2.52. The highest BCUT2D eigenvalue weighted by Crippen LogP contribution is 2.34. The number of Topliss-reactive ketones (excluding diaryl/α,β-unsaturated/α-hetero) is 1. The normalized spacial score (nSPS) is 17.7. The Kier molecular flexibility index (Phi) is 5.12. The van der Waals surface area contributed by atoms with Crippen molar-refractivity contribution in [3.63, 3.8) is 0 Å². The molecule has 1 aliphatic carbocycles. The maximum atomic E-state index is 12.5. The van der Waals surface area contributed by atoms with Crippen molar-refractivity contribution in [1.82, 2.24) is 10.2 Å². The van der Waals surface area contributed by atoms with E-state index in [0.29, 0.717) is 18.4 Å². The Bertz CT molecular complexity index is 874. The number of nitrogens with zero attached hydrogens (tertiary/aromatic N) is 2. The molecule has 1 heterocycles. The number of rotatable bonds is 6. The third-order valence-corrected chi connectivity index (χ3v) is 5.08. The number of ether oxygens (including phenoxy) is 1. The maximum absolute atomic E-state index is 12.5. The fourth-order valence-electron chi connectivity index (χ4n) is 3.52. The molecule has 1 saturated heterocycles. The summed E-state index contributed by atoms with van der Waals surface area (Å²) in [4.78, 5) is 59.8. The molecule has 2 fully saturated rings. The predicted molar refractivity (Wildman–Crippen MR) is 94.6 cm³/mol. The van der Waals surface area contributed by atoms with Gasteiger partial charge < -0.3 is 10.1 Å². The predicted octanol–water partition coefficient (Wildman–Crippen LogP) is 1.49. The van der Waals surface area contributed by atoms with Gasteiger partial charge in [0.2, 0.25) is 5.78 Å². The van der Waals surface area contributed by atoms with Crippen LogP contribution in [0, 0.1) is 17.0 Å². The van der Waals surface area contributed by atoms with Crippen LogP contribution < -0.4 is 5.32 Å². The minimum Gasteiger partial charge on any atom is -0.456 e. The number of benzene rings is 1. The van der Waals surface area contributed by atoms with Crippen molar-refractivity contribution in [2.75, 3.05) is 13.2 Å². The van der Waals surface area contributed by atoms with Crippen molar-refractivity contribution in [3.8, 4) is 0 Å². The van der Waals surface area contributed by atoms with Crippen LogP contribution in [0.1, 0.15) is 41.6 Å². The lowest BCUT2D eigenvalue weighted by atomic mass is 9.98. The van der Waals surface area contributed by atoms with Gasteiger partial charge in [-0.2, -0.15) is 0 Å². The van der Waals surface area contributed by atoms with Gasteiger partial charge in [-0.15, -0.1) is 0 Å². The molecule has 0 aromatic heterocycles. The number of carbonyl (C=O) groups is 4. The third kappa shape index (κ3) is 3.57. The number of hydrogen-bond acceptors (Lipinski definition) is 7. The van der Waals surface area contributed by atoms with E-state index in [0.717, 1.165) is 23.8 Å². The van der Waals surface area contributed by atoms with E-state index in [1.54, 1.807) is 6.92 Å². The molecule has 0 unspecified atom stereocenters. The number of imide groups is 1. The summed E-state index contributed by atoms with van der Waals surface area (Å²) in [5.74, 6) is -1.98. The van der Waals surface area contributed by atoms with Crippen LogP contribution in [0.2, 0.25) is 0 Å². The van der Waals surface area contributed by atoms with Gasteiger partial charge in [-0.05, 0) is 19.8 Å². The molecule has 1 aromatic carbocycles. The Morgan fingerprint density at radius 3 is 2.61 bits per heavy atom. The number of nitro benzene ring substituents is 1. The average Bonchev–Trinajstić information content (AvgIpc) is 3.20. The van der Waals surface area contributed by atoms with Crippen molar-refractivity contribution in [2.24, 2.45) is 0 Å². The first-order valence-electron chi connectivity index (χ1n) is 8.81. The monoisotopic (exact) mass is 389 g/mol. The molecule has 1 spiro atoms. The molecule has 3 rings (SSSR count). The summed E-state index contributed by atoms with van der Waals surface area (Å²) in [6, 6.07) is 3.30. The lowest BCUT2D eigenvalue weighted by Crippen LogP contribution is -2.44. The van der Waals surface area contributed by atoms with E-state index >= 15 is 0 Å². The molecular formula is C18H19N3O7. The van der Waals surface area contributed by atoms with Crippen LogP contribution in [0.4, 0.5) is 10.5 Å². The highest BCUT2D eigenvalue weighted by molar-refractivity contribution is 6.09. The zero-order valence-corrected chi connectivity index (χ0v) is 15.2. The zero-order chi connectivity index (χ0) is 20.5. The van der Waals surface area contributed by atoms with Crippen LogP contribution in [0.15, 0.2) is 18.2 Å². The minimum atomic E-state index is -0.923. The lowest BCUT2D eigenvalue weighted by molar-refractivity contribution is -0.385. The molecule has 28 heavy (non-hydrogen) atoms. The Morgan fingerprint density at radius 1 is 1.29 bits per heavy atom. The Balaban J connectivity index is 1.58. The van der Waals surface area contributed by atoms with Gasteiger partial charge in [-0.25, -0.2) is 4.79 Å². The van der Waals surface area contributed by atoms with E-state index in [-0.39, 0.29) is 11.3 Å². The highest BCUT2D eigenvalue weighted by atomic mass is 16.6. The lowest BCUT2D eigenvalue weighted by Gasteiger charge is -2.19. The number of ketones is 1. The van der Waals surface area contributed by atoms with E-state index < -0.39 is 47.3 Å². The van der Waals surface area contributed by atoms with Gasteiger partial charge >= 0.3 is 12.0 Å². The smallest absolute Gasteiger partial charge is 0.326 e. The van der Waals surface area contributed by atoms with Gasteiger partial charge in [0.25, 0.3) is 11.6 Å². The second-order valence-electron chi connectivity index (χ2n) is 6.95. The zero-order valence-electron chi connectivity index (χ0n) is 15.2. The van der Waals surface area contributed by atoms with E-state index in [4.69, 9.17) is 4.74 Å². The summed E-state index contributed by atoms with van der Waals surface area (Å²) in [5.41, 5.74) is -0.699. The second-order valence-corrected chi connectivity index (χ2v) is 6.95. The molecular weight excluding hydrogens is 370 g/mol. The molecule has 0 bridgehead atoms. The van der Waals surface area contributed by atoms with Crippen LogP contribution in [0.25, 0.3) is 0 Å². The van der Waals surface area contributed by atoms with Crippen molar-refractivity contribution < 1.29 is 28.8 Å². The molecule has 1 saturated carbocycles. The number of nitrogens with one attached hydrogen (secondary N) is 1. The quantitative estimate of drug-likeness (QED) is 0.256. The number of aryl methyl sites for hydroxylation is 1. The van der Waals surface area contributed by atoms with Gasteiger partial charge in [0.05, 0.1) is 4.92 Å². The molecule has 10 nitrogen and oxygen atoms in total. The number of esters is 1. The molecule has 0 radical (unpaired) electrons. The summed E-state index contributed by atoms with van der Waals surface area (Å²) in [6.45, 7) is 0.309. The van der Waals surface area contributed by atoms with E-state index in [1.165, 1.54) is 12.1 Å². The summed E-state index contributed by atoms with van der Waals surface area (Å²) in [6.07, 6.45) is 2.71. The molecule has 10 heteroatoms. The Labute approximate surface area is 160 Å². The van der Waals surface area contributed by atoms with Crippen LogP contribution in [-0.4, -0.2) is 52.2 Å². The Hall–Kier alpha value is -3.30. The number of carbonyl (C=O) groups excluding carboxylic acids is 4. The fraction of sp³-hybridized carbons (Fsp3) is 0.444. The molecule has 148 valence electrons. The van der Waals surface area contributed by atoms with Crippen LogP contribution in [0.5, 0.6) is 0 Å². The molecule has 1 aliphatic heterocycles. The largest absolute Gasteiger partial charge is 0.456 e. The number of urea groups is 1. The summed E-state index contributed by atoms with van der Waals surface area (Å²) in [7, 11) is 0. The average molecular weight is 389 g/mol. The summed E-state index contributed by atoms with van der Waals surface area (Å²) in [5, 5.41) is 13.6. The van der Waals surface area contributed by atoms with Gasteiger partial charge in [0.1, 0.15) is 12.1 Å². The standard InChI is InChI=1S/C18H19N3O7/c1-11-4-5-12(8-13(11)21(26)27)14(22)10-28-15(23)9-20-16(24)18(19-17(20)25)6-2-3-7-18/h4-5,8H,2-3,6-7,9-10H2,1H3,(H,19,25). The van der Waals surface area contributed by atoms with Crippen molar-refractivity contribution in [3.05, 3.63) is 39.4 Å².